The average Bonchev–Trinajstić information content (AvgIpc) is 3.23. The molecule has 3 aromatic rings. The molecule has 0 bridgehead atoms. The molecule has 0 N–H and O–H groups in total. The van der Waals surface area contributed by atoms with Gasteiger partial charge in [-0.1, -0.05) is 0 Å². The number of para-hydroxylation sites is 2. The van der Waals surface area contributed by atoms with Gasteiger partial charge in [-0.2, -0.15) is 0 Å². The van der Waals surface area contributed by atoms with Crippen LogP contribution in [0.25, 0.3) is 0 Å². The molecule has 2 atom stereocenters. The Labute approximate surface area is 269 Å². The Morgan fingerprint density at radius 3 is 2.17 bits per heavy atom. The van der Waals surface area contributed by atoms with E-state index in [1.54, 1.807) is 65.3 Å². The molecular weight excluding hydrogens is 690 g/mol. The summed E-state index contributed by atoms with van der Waals surface area (Å²) in [6.07, 6.45) is 2.49. The number of nitrogens with zero attached hydrogens (tertiary/aromatic N) is 2. The minimum atomic E-state index is -0.827. The molecule has 3 nitrogen and oxygen atoms in total. The van der Waals surface area contributed by atoms with E-state index in [0.29, 0.717) is 49.1 Å². The van der Waals surface area contributed by atoms with Gasteiger partial charge in [0.25, 0.3) is 0 Å². The van der Waals surface area contributed by atoms with Crippen LogP contribution in [0, 0.1) is 11.6 Å². The standard InChI is InChI=1S/C31H28Cl2F2N2OS2.Ru/c1-6-19(3)26(7-2)38-30(40-28-21(33)17-16-20(32)27(28)39)29-36(24-14-10-8-12-22(24)34)18-31(4,5)37(29)25-15-11-9-13-23(25)35;/h3,6-17,29-30,39H,1-2,18H2,4-5H3;/q;+1/b26-19+;/t29-,30+;/m0./s1. The maximum absolute atomic E-state index is 15.5. The van der Waals surface area contributed by atoms with Gasteiger partial charge in [0.1, 0.15) is 0 Å². The van der Waals surface area contributed by atoms with E-state index in [1.165, 1.54) is 23.9 Å². The molecule has 0 aliphatic carbocycles. The molecular formula is C31H28Cl2F2N2ORuS2+. The van der Waals surface area contributed by atoms with Crippen molar-refractivity contribution in [3.8, 4) is 0 Å². The number of benzene rings is 3. The molecule has 0 aromatic heterocycles. The van der Waals surface area contributed by atoms with E-state index in [0.717, 1.165) is 0 Å². The molecule has 0 amide bonds. The second-order valence-corrected chi connectivity index (χ2v) is 12.6. The molecule has 1 saturated heterocycles. The number of thioether (sulfide) groups is 1. The summed E-state index contributed by atoms with van der Waals surface area (Å²) >= 11 is 21.4. The van der Waals surface area contributed by atoms with Crippen LogP contribution in [0.15, 0.2) is 107 Å². The number of hydrogen-bond donors (Lipinski definition) is 1. The summed E-state index contributed by atoms with van der Waals surface area (Å²) in [5, 5.41) is 0.823. The normalized spacial score (nSPS) is 17.6. The van der Waals surface area contributed by atoms with Crippen molar-refractivity contribution in [3.63, 3.8) is 0 Å². The number of hydrogen-bond acceptors (Lipinski definition) is 5. The fraction of sp³-hybridized carbons (Fsp3) is 0.194. The third-order valence-electron chi connectivity index (χ3n) is 6.62. The quantitative estimate of drug-likeness (QED) is 0.0562. The molecule has 0 radical (unpaired) electrons. The molecule has 1 fully saturated rings. The second-order valence-electron chi connectivity index (χ2n) is 9.77. The molecule has 1 aliphatic rings. The average molecular weight is 719 g/mol. The van der Waals surface area contributed by atoms with E-state index in [-0.39, 0.29) is 0 Å². The SMILES string of the molecule is C=C/C([CH]=[Ru+])=C(\C=C)O[C@H](Sc1c(Cl)ccc(Cl)c1S)[C@H]1N(c2ccccc2F)CC(C)(C)N1c1ccccc1F. The summed E-state index contributed by atoms with van der Waals surface area (Å²) in [7, 11) is 0. The van der Waals surface area contributed by atoms with E-state index < -0.39 is 28.8 Å². The van der Waals surface area contributed by atoms with Gasteiger partial charge in [0.15, 0.2) is 0 Å². The van der Waals surface area contributed by atoms with Crippen molar-refractivity contribution in [2.24, 2.45) is 0 Å². The van der Waals surface area contributed by atoms with Crippen LogP contribution in [-0.4, -0.2) is 28.3 Å². The zero-order chi connectivity index (χ0) is 29.9. The van der Waals surface area contributed by atoms with Crippen LogP contribution in [-0.2, 0) is 22.6 Å². The fourth-order valence-electron chi connectivity index (χ4n) is 4.83. The van der Waals surface area contributed by atoms with Gasteiger partial charge in [0.05, 0.1) is 0 Å². The molecule has 0 spiro atoms. The van der Waals surface area contributed by atoms with Crippen LogP contribution < -0.4 is 9.80 Å². The molecule has 3 aromatic carbocycles. The monoisotopic (exact) mass is 718 g/mol. The van der Waals surface area contributed by atoms with E-state index in [1.807, 2.05) is 23.6 Å². The Bertz CT molecular complexity index is 1510. The van der Waals surface area contributed by atoms with Crippen LogP contribution in [0.2, 0.25) is 10.0 Å². The number of rotatable bonds is 10. The fourth-order valence-corrected chi connectivity index (χ4v) is 7.38. The van der Waals surface area contributed by atoms with Gasteiger partial charge in [0.2, 0.25) is 0 Å². The Kier molecular flexibility index (Phi) is 10.5. The van der Waals surface area contributed by atoms with Crippen molar-refractivity contribution in [2.75, 3.05) is 16.3 Å². The van der Waals surface area contributed by atoms with E-state index >= 15 is 8.78 Å². The number of ether oxygens (including phenoxy) is 1. The summed E-state index contributed by atoms with van der Waals surface area (Å²) in [4.78, 5) is 4.87. The van der Waals surface area contributed by atoms with Crippen molar-refractivity contribution in [2.45, 2.75) is 40.8 Å². The first-order chi connectivity index (χ1) is 19.5. The first-order valence-electron chi connectivity index (χ1n) is 12.5. The van der Waals surface area contributed by atoms with Gasteiger partial charge in [-0.25, -0.2) is 0 Å². The Morgan fingerprint density at radius 1 is 1.02 bits per heavy atom. The summed E-state index contributed by atoms with van der Waals surface area (Å²) in [5.74, 6) is -0.389. The number of thiol groups is 1. The third-order valence-corrected chi connectivity index (χ3v) is 9.88. The van der Waals surface area contributed by atoms with Crippen LogP contribution in [0.3, 0.4) is 0 Å². The zero-order valence-corrected chi connectivity index (χ0v) is 27.3. The van der Waals surface area contributed by atoms with Gasteiger partial charge in [0, 0.05) is 0 Å². The summed E-state index contributed by atoms with van der Waals surface area (Å²) in [6.45, 7) is 12.2. The molecule has 0 unspecified atom stereocenters. The van der Waals surface area contributed by atoms with Crippen molar-refractivity contribution >= 4 is 63.6 Å². The molecule has 1 heterocycles. The van der Waals surface area contributed by atoms with Gasteiger partial charge in [-0.15, -0.1) is 0 Å². The number of halogens is 4. The predicted octanol–water partition coefficient (Wildman–Crippen LogP) is 9.10. The Morgan fingerprint density at radius 2 is 1.61 bits per heavy atom. The summed E-state index contributed by atoms with van der Waals surface area (Å²) in [5.41, 5.74) is -0.102. The first kappa shape index (κ1) is 31.8. The first-order valence-corrected chi connectivity index (χ1v) is 15.6. The maximum atomic E-state index is 15.5. The van der Waals surface area contributed by atoms with E-state index in [4.69, 9.17) is 27.9 Å². The van der Waals surface area contributed by atoms with Gasteiger partial charge >= 0.3 is 271 Å². The Hall–Kier alpha value is -2.09. The van der Waals surface area contributed by atoms with E-state index in [2.05, 4.69) is 43.6 Å². The summed E-state index contributed by atoms with van der Waals surface area (Å²) in [6, 6.07) is 16.4. The minimum absolute atomic E-state index is 0.352. The van der Waals surface area contributed by atoms with Gasteiger partial charge in [-0.3, -0.25) is 0 Å². The molecule has 41 heavy (non-hydrogen) atoms. The second kappa shape index (κ2) is 13.5. The van der Waals surface area contributed by atoms with Crippen molar-refractivity contribution < 1.29 is 31.4 Å². The zero-order valence-electron chi connectivity index (χ0n) is 22.3. The summed E-state index contributed by atoms with van der Waals surface area (Å²) < 4.78 is 39.4. The molecule has 215 valence electrons. The van der Waals surface area contributed by atoms with Crippen molar-refractivity contribution in [3.05, 3.63) is 119 Å². The van der Waals surface area contributed by atoms with Gasteiger partial charge in [-0.05, 0) is 0 Å². The van der Waals surface area contributed by atoms with Crippen LogP contribution in [0.5, 0.6) is 0 Å². The van der Waals surface area contributed by atoms with Crippen molar-refractivity contribution in [1.29, 1.82) is 0 Å². The molecule has 1 aliphatic heterocycles. The predicted molar refractivity (Wildman–Crippen MR) is 168 cm³/mol. The van der Waals surface area contributed by atoms with Crippen LogP contribution in [0.4, 0.5) is 20.2 Å². The van der Waals surface area contributed by atoms with Crippen molar-refractivity contribution in [1.82, 2.24) is 0 Å². The number of anilines is 2. The topological polar surface area (TPSA) is 15.7 Å². The number of allylic oxidation sites excluding steroid dienone is 3. The van der Waals surface area contributed by atoms with Crippen LogP contribution >= 0.6 is 47.6 Å². The van der Waals surface area contributed by atoms with Gasteiger partial charge < -0.3 is 0 Å². The van der Waals surface area contributed by atoms with E-state index in [9.17, 15) is 0 Å². The molecule has 0 saturated carbocycles. The molecule has 10 heteroatoms. The molecule has 4 rings (SSSR count). The Balaban J connectivity index is 2.00. The third kappa shape index (κ3) is 6.62. The van der Waals surface area contributed by atoms with Crippen LogP contribution in [0.1, 0.15) is 13.8 Å².